The Morgan fingerprint density at radius 3 is 2.24 bits per heavy atom. The smallest absolute Gasteiger partial charge is 0.408 e. The fourth-order valence-corrected chi connectivity index (χ4v) is 4.09. The Bertz CT molecular complexity index is 894. The van der Waals surface area contributed by atoms with Gasteiger partial charge in [-0.15, -0.1) is 0 Å². The molecule has 3 atom stereocenters. The molecule has 0 aliphatic rings. The monoisotopic (exact) mass is 519 g/mol. The molecule has 0 aliphatic carbocycles. The molecule has 210 valence electrons. The standard InChI is InChI=1S/C29H49N3O5/c1-10-12-13-16-30-26(34)25(22-14-15-24(33)20(5)18-22)32(21(6)11-2)27(35)23(17-19(3)4)31-28(36)37-29(7,8)9/h14-15,18-19,21,23,25,33H,10-13,16-17H2,1-9H3,(H,30,34)(H,31,36). The molecule has 3 amide bonds. The maximum absolute atomic E-state index is 14.2. The zero-order valence-electron chi connectivity index (χ0n) is 24.3. The summed E-state index contributed by atoms with van der Waals surface area (Å²) in [4.78, 5) is 42.1. The van der Waals surface area contributed by atoms with Gasteiger partial charge in [-0.2, -0.15) is 0 Å². The van der Waals surface area contributed by atoms with Gasteiger partial charge in [-0.05, 0) is 83.1 Å². The summed E-state index contributed by atoms with van der Waals surface area (Å²) in [6.45, 7) is 17.5. The molecule has 0 spiro atoms. The van der Waals surface area contributed by atoms with Gasteiger partial charge in [-0.3, -0.25) is 9.59 Å². The molecule has 1 aromatic rings. The number of aromatic hydroxyl groups is 1. The molecule has 1 aromatic carbocycles. The van der Waals surface area contributed by atoms with Gasteiger partial charge in [-0.25, -0.2) is 4.79 Å². The first-order valence-electron chi connectivity index (χ1n) is 13.6. The van der Waals surface area contributed by atoms with Crippen LogP contribution in [0.5, 0.6) is 5.75 Å². The molecule has 37 heavy (non-hydrogen) atoms. The second kappa shape index (κ2) is 14.8. The number of aryl methyl sites for hydroxylation is 1. The minimum Gasteiger partial charge on any atom is -0.508 e. The number of carbonyl (C=O) groups excluding carboxylic acids is 3. The van der Waals surface area contributed by atoms with Crippen LogP contribution in [-0.4, -0.2) is 52.1 Å². The summed E-state index contributed by atoms with van der Waals surface area (Å²) in [6.07, 6.45) is 3.20. The number of benzene rings is 1. The van der Waals surface area contributed by atoms with E-state index in [2.05, 4.69) is 17.6 Å². The molecule has 0 bridgehead atoms. The van der Waals surface area contributed by atoms with Gasteiger partial charge in [0.05, 0.1) is 0 Å². The Morgan fingerprint density at radius 2 is 1.73 bits per heavy atom. The topological polar surface area (TPSA) is 108 Å². The molecule has 0 aromatic heterocycles. The van der Waals surface area contributed by atoms with Crippen LogP contribution in [0.15, 0.2) is 18.2 Å². The summed E-state index contributed by atoms with van der Waals surface area (Å²) in [6, 6.07) is 2.90. The number of nitrogens with zero attached hydrogens (tertiary/aromatic N) is 1. The van der Waals surface area contributed by atoms with Crippen molar-refractivity contribution < 1.29 is 24.2 Å². The molecule has 0 aliphatic heterocycles. The third kappa shape index (κ3) is 10.6. The lowest BCUT2D eigenvalue weighted by atomic mass is 9.96. The Morgan fingerprint density at radius 1 is 1.08 bits per heavy atom. The van der Waals surface area contributed by atoms with Gasteiger partial charge >= 0.3 is 6.09 Å². The highest BCUT2D eigenvalue weighted by Gasteiger charge is 2.38. The van der Waals surface area contributed by atoms with Crippen molar-refractivity contribution in [1.82, 2.24) is 15.5 Å². The Balaban J connectivity index is 3.51. The number of phenolic OH excluding ortho intramolecular Hbond substituents is 1. The first-order valence-corrected chi connectivity index (χ1v) is 13.6. The molecule has 8 nitrogen and oxygen atoms in total. The molecular weight excluding hydrogens is 470 g/mol. The second-order valence-corrected chi connectivity index (χ2v) is 11.3. The number of rotatable bonds is 13. The number of nitrogens with one attached hydrogen (secondary N) is 2. The van der Waals surface area contributed by atoms with E-state index in [0.29, 0.717) is 30.5 Å². The Hall–Kier alpha value is -2.77. The van der Waals surface area contributed by atoms with Gasteiger partial charge in [0.25, 0.3) is 0 Å². The van der Waals surface area contributed by atoms with Crippen molar-refractivity contribution in [2.75, 3.05) is 6.54 Å². The maximum Gasteiger partial charge on any atom is 0.408 e. The van der Waals surface area contributed by atoms with Crippen molar-refractivity contribution in [3.05, 3.63) is 29.3 Å². The molecule has 0 fully saturated rings. The molecule has 8 heteroatoms. The van der Waals surface area contributed by atoms with Crippen molar-refractivity contribution in [3.8, 4) is 5.75 Å². The normalized spacial score (nSPS) is 14.0. The number of hydrogen-bond acceptors (Lipinski definition) is 5. The van der Waals surface area contributed by atoms with Gasteiger partial charge in [0.2, 0.25) is 11.8 Å². The third-order valence-corrected chi connectivity index (χ3v) is 6.16. The number of alkyl carbamates (subject to hydrolysis) is 1. The molecule has 3 unspecified atom stereocenters. The van der Waals surface area contributed by atoms with E-state index in [9.17, 15) is 19.5 Å². The summed E-state index contributed by atoms with van der Waals surface area (Å²) in [5.74, 6) is -0.389. The highest BCUT2D eigenvalue weighted by Crippen LogP contribution is 2.30. The molecule has 0 heterocycles. The van der Waals surface area contributed by atoms with Crippen LogP contribution in [0.3, 0.4) is 0 Å². The van der Waals surface area contributed by atoms with E-state index < -0.39 is 23.8 Å². The van der Waals surface area contributed by atoms with Crippen LogP contribution < -0.4 is 10.6 Å². The van der Waals surface area contributed by atoms with Crippen molar-refractivity contribution in [2.24, 2.45) is 5.92 Å². The Kier molecular flexibility index (Phi) is 12.9. The lowest BCUT2D eigenvalue weighted by molar-refractivity contribution is -0.145. The number of amides is 3. The van der Waals surface area contributed by atoms with E-state index in [4.69, 9.17) is 4.74 Å². The van der Waals surface area contributed by atoms with Crippen LogP contribution in [0.25, 0.3) is 0 Å². The maximum atomic E-state index is 14.2. The summed E-state index contributed by atoms with van der Waals surface area (Å²) >= 11 is 0. The van der Waals surface area contributed by atoms with E-state index >= 15 is 0 Å². The quantitative estimate of drug-likeness (QED) is 0.293. The van der Waals surface area contributed by atoms with E-state index in [-0.39, 0.29) is 29.5 Å². The number of unbranched alkanes of at least 4 members (excludes halogenated alkanes) is 2. The second-order valence-electron chi connectivity index (χ2n) is 11.3. The third-order valence-electron chi connectivity index (χ3n) is 6.16. The van der Waals surface area contributed by atoms with Crippen molar-refractivity contribution in [1.29, 1.82) is 0 Å². The number of hydrogen-bond donors (Lipinski definition) is 3. The largest absolute Gasteiger partial charge is 0.508 e. The first-order chi connectivity index (χ1) is 17.2. The molecular formula is C29H49N3O5. The van der Waals surface area contributed by atoms with Crippen LogP contribution in [0.2, 0.25) is 0 Å². The zero-order chi connectivity index (χ0) is 28.3. The van der Waals surface area contributed by atoms with E-state index in [0.717, 1.165) is 19.3 Å². The molecule has 0 saturated carbocycles. The SMILES string of the molecule is CCCCCNC(=O)C(c1ccc(O)c(C)c1)N(C(=O)C(CC(C)C)NC(=O)OC(C)(C)C)C(C)CC. The number of ether oxygens (including phenoxy) is 1. The lowest BCUT2D eigenvalue weighted by Gasteiger charge is -2.38. The predicted octanol–water partition coefficient (Wildman–Crippen LogP) is 5.61. The fourth-order valence-electron chi connectivity index (χ4n) is 4.09. The van der Waals surface area contributed by atoms with E-state index in [1.807, 2.05) is 27.7 Å². The fraction of sp³-hybridized carbons (Fsp3) is 0.690. The minimum absolute atomic E-state index is 0.111. The van der Waals surface area contributed by atoms with E-state index in [1.54, 1.807) is 50.8 Å². The number of carbonyl (C=O) groups is 3. The van der Waals surface area contributed by atoms with Crippen LogP contribution in [-0.2, 0) is 14.3 Å². The van der Waals surface area contributed by atoms with Gasteiger partial charge in [0.15, 0.2) is 0 Å². The Labute approximate surface area is 223 Å². The van der Waals surface area contributed by atoms with Gasteiger partial charge in [0, 0.05) is 12.6 Å². The molecule has 0 saturated heterocycles. The van der Waals surface area contributed by atoms with Crippen LogP contribution in [0.4, 0.5) is 4.79 Å². The summed E-state index contributed by atoms with van der Waals surface area (Å²) in [7, 11) is 0. The minimum atomic E-state index is -0.918. The highest BCUT2D eigenvalue weighted by molar-refractivity contribution is 5.92. The van der Waals surface area contributed by atoms with E-state index in [1.165, 1.54) is 0 Å². The van der Waals surface area contributed by atoms with Crippen molar-refractivity contribution in [2.45, 2.75) is 118 Å². The summed E-state index contributed by atoms with van der Waals surface area (Å²) in [5, 5.41) is 15.9. The van der Waals surface area contributed by atoms with Crippen molar-refractivity contribution >= 4 is 17.9 Å². The van der Waals surface area contributed by atoms with Crippen LogP contribution in [0.1, 0.15) is 105 Å². The van der Waals surface area contributed by atoms with Crippen LogP contribution >= 0.6 is 0 Å². The van der Waals surface area contributed by atoms with Gasteiger partial charge < -0.3 is 25.4 Å². The summed E-state index contributed by atoms with van der Waals surface area (Å²) < 4.78 is 5.44. The molecule has 0 radical (unpaired) electrons. The molecule has 1 rings (SSSR count). The van der Waals surface area contributed by atoms with Gasteiger partial charge in [0.1, 0.15) is 23.4 Å². The molecule has 3 N–H and O–H groups in total. The zero-order valence-corrected chi connectivity index (χ0v) is 24.3. The van der Waals surface area contributed by atoms with Gasteiger partial charge in [-0.1, -0.05) is 46.6 Å². The first kappa shape index (κ1) is 32.3. The lowest BCUT2D eigenvalue weighted by Crippen LogP contribution is -2.55. The average Bonchev–Trinajstić information content (AvgIpc) is 2.79. The average molecular weight is 520 g/mol. The summed E-state index contributed by atoms with van der Waals surface area (Å²) in [5.41, 5.74) is 0.511. The van der Waals surface area contributed by atoms with Crippen LogP contribution in [0, 0.1) is 12.8 Å². The van der Waals surface area contributed by atoms with Crippen molar-refractivity contribution in [3.63, 3.8) is 0 Å². The highest BCUT2D eigenvalue weighted by atomic mass is 16.6. The number of phenols is 1. The predicted molar refractivity (Wildman–Crippen MR) is 147 cm³/mol.